The molecule has 1 heterocycles. The number of hydrogen-bond acceptors (Lipinski definition) is 7. The monoisotopic (exact) mass is 275 g/mol. The summed E-state index contributed by atoms with van der Waals surface area (Å²) < 4.78 is 0. The van der Waals surface area contributed by atoms with Crippen molar-refractivity contribution in [1.29, 1.82) is 0 Å². The number of carboxylic acids is 1. The summed E-state index contributed by atoms with van der Waals surface area (Å²) in [6.07, 6.45) is 0.890. The van der Waals surface area contributed by atoms with E-state index in [4.69, 9.17) is 15.9 Å². The molecule has 9 heteroatoms. The predicted molar refractivity (Wildman–Crippen MR) is 60.9 cm³/mol. The highest BCUT2D eigenvalue weighted by Crippen LogP contribution is 2.17. The number of nitrogens with two attached hydrogens (primary N) is 1. The van der Waals surface area contributed by atoms with Crippen LogP contribution in [-0.4, -0.2) is 74.9 Å². The highest BCUT2D eigenvalue weighted by Gasteiger charge is 2.37. The Bertz CT molecular complexity index is 374. The minimum Gasteiger partial charge on any atom is -0.480 e. The van der Waals surface area contributed by atoms with Gasteiger partial charge in [-0.3, -0.25) is 19.3 Å². The Morgan fingerprint density at radius 2 is 2.05 bits per heavy atom. The fraction of sp³-hybridized carbons (Fsp3) is 0.700. The normalized spacial score (nSPS) is 21.1. The molecule has 1 rings (SSSR count). The molecular weight excluding hydrogens is 258 g/mol. The average molecular weight is 275 g/mol. The summed E-state index contributed by atoms with van der Waals surface area (Å²) in [6.45, 7) is -1.27. The third-order valence-corrected chi connectivity index (χ3v) is 2.85. The van der Waals surface area contributed by atoms with Crippen LogP contribution < -0.4 is 5.73 Å². The van der Waals surface area contributed by atoms with Gasteiger partial charge in [-0.1, -0.05) is 0 Å². The van der Waals surface area contributed by atoms with Gasteiger partial charge in [-0.15, -0.1) is 0 Å². The average Bonchev–Trinajstić information content (AvgIpc) is 2.79. The summed E-state index contributed by atoms with van der Waals surface area (Å²) in [5, 5.41) is 27.8. The maximum absolute atomic E-state index is 12.1. The Balaban J connectivity index is 2.86. The van der Waals surface area contributed by atoms with E-state index >= 15 is 0 Å². The SMILES string of the molecule is NC(CO)C(=O)N(CC(=O)O)C(=O)C1CCCN1O. The quantitative estimate of drug-likeness (QED) is 0.434. The Morgan fingerprint density at radius 1 is 1.42 bits per heavy atom. The maximum atomic E-state index is 12.1. The molecule has 19 heavy (non-hydrogen) atoms. The number of aliphatic carboxylic acids is 1. The largest absolute Gasteiger partial charge is 0.480 e. The topological polar surface area (TPSA) is 144 Å². The molecule has 2 amide bonds. The van der Waals surface area contributed by atoms with Gasteiger partial charge in [0, 0.05) is 6.54 Å². The van der Waals surface area contributed by atoms with Crippen molar-refractivity contribution >= 4 is 17.8 Å². The van der Waals surface area contributed by atoms with Crippen LogP contribution in [-0.2, 0) is 14.4 Å². The number of rotatable bonds is 5. The van der Waals surface area contributed by atoms with Crippen molar-refractivity contribution in [2.75, 3.05) is 19.7 Å². The Hall–Kier alpha value is -1.55. The van der Waals surface area contributed by atoms with Gasteiger partial charge in [0.2, 0.25) is 11.8 Å². The van der Waals surface area contributed by atoms with Crippen LogP contribution >= 0.6 is 0 Å². The van der Waals surface area contributed by atoms with Crippen molar-refractivity contribution in [3.05, 3.63) is 0 Å². The second-order valence-corrected chi connectivity index (χ2v) is 4.27. The molecule has 1 aliphatic rings. The summed E-state index contributed by atoms with van der Waals surface area (Å²) in [5.74, 6) is -3.18. The first kappa shape index (κ1) is 15.5. The van der Waals surface area contributed by atoms with Crippen LogP contribution in [0.25, 0.3) is 0 Å². The summed E-state index contributed by atoms with van der Waals surface area (Å²) >= 11 is 0. The highest BCUT2D eigenvalue weighted by atomic mass is 16.5. The van der Waals surface area contributed by atoms with Crippen LogP contribution in [0.4, 0.5) is 0 Å². The summed E-state index contributed by atoms with van der Waals surface area (Å²) in [6, 6.07) is -2.31. The molecule has 0 aliphatic carbocycles. The van der Waals surface area contributed by atoms with Gasteiger partial charge in [0.05, 0.1) is 6.61 Å². The zero-order chi connectivity index (χ0) is 14.6. The molecule has 0 aromatic rings. The lowest BCUT2D eigenvalue weighted by atomic mass is 10.1. The number of carbonyl (C=O) groups is 3. The van der Waals surface area contributed by atoms with Crippen LogP contribution in [0.2, 0.25) is 0 Å². The Labute approximate surface area is 109 Å². The molecule has 1 aliphatic heterocycles. The molecule has 0 aromatic carbocycles. The zero-order valence-corrected chi connectivity index (χ0v) is 10.2. The molecule has 1 fully saturated rings. The summed E-state index contributed by atoms with van der Waals surface area (Å²) in [4.78, 5) is 35.0. The third kappa shape index (κ3) is 3.70. The van der Waals surface area contributed by atoms with Gasteiger partial charge in [-0.2, -0.15) is 5.06 Å². The Kier molecular flexibility index (Phi) is 5.36. The van der Waals surface area contributed by atoms with Crippen LogP contribution in [0.5, 0.6) is 0 Å². The molecule has 0 spiro atoms. The van der Waals surface area contributed by atoms with Gasteiger partial charge >= 0.3 is 5.97 Å². The van der Waals surface area contributed by atoms with Crippen LogP contribution in [0.15, 0.2) is 0 Å². The number of hydroxylamine groups is 2. The van der Waals surface area contributed by atoms with E-state index in [2.05, 4.69) is 0 Å². The predicted octanol–water partition coefficient (Wildman–Crippen LogP) is -2.40. The van der Waals surface area contributed by atoms with Gasteiger partial charge in [-0.25, -0.2) is 0 Å². The van der Waals surface area contributed by atoms with Crippen molar-refractivity contribution in [3.63, 3.8) is 0 Å². The number of aliphatic hydroxyl groups excluding tert-OH is 1. The molecule has 108 valence electrons. The molecule has 5 N–H and O–H groups in total. The number of carbonyl (C=O) groups excluding carboxylic acids is 2. The molecule has 0 radical (unpaired) electrons. The van der Waals surface area contributed by atoms with Crippen LogP contribution in [0.3, 0.4) is 0 Å². The lowest BCUT2D eigenvalue weighted by Crippen LogP contribution is -2.54. The fourth-order valence-electron chi connectivity index (χ4n) is 1.86. The van der Waals surface area contributed by atoms with Gasteiger partial charge in [-0.05, 0) is 12.8 Å². The van der Waals surface area contributed by atoms with Crippen LogP contribution in [0, 0.1) is 0 Å². The lowest BCUT2D eigenvalue weighted by Gasteiger charge is -2.26. The standard InChI is InChI=1S/C10H17N3O6/c11-6(5-14)9(17)12(4-8(15)16)10(18)7-2-1-3-13(7)19/h6-7,14,19H,1-5,11H2,(H,15,16). The first-order valence-electron chi connectivity index (χ1n) is 5.77. The minimum atomic E-state index is -1.38. The van der Waals surface area contributed by atoms with E-state index in [1.54, 1.807) is 0 Å². The smallest absolute Gasteiger partial charge is 0.323 e. The molecular formula is C10H17N3O6. The highest BCUT2D eigenvalue weighted by molar-refractivity contribution is 6.02. The number of imide groups is 1. The molecule has 0 bridgehead atoms. The number of nitrogens with zero attached hydrogens (tertiary/aromatic N) is 2. The van der Waals surface area contributed by atoms with E-state index in [9.17, 15) is 19.6 Å². The second-order valence-electron chi connectivity index (χ2n) is 4.27. The first-order valence-corrected chi connectivity index (χ1v) is 5.77. The van der Waals surface area contributed by atoms with Gasteiger partial charge < -0.3 is 21.2 Å². The van der Waals surface area contributed by atoms with Gasteiger partial charge in [0.25, 0.3) is 0 Å². The van der Waals surface area contributed by atoms with E-state index in [0.717, 1.165) is 5.06 Å². The molecule has 0 saturated carbocycles. The van der Waals surface area contributed by atoms with Crippen molar-refractivity contribution in [2.45, 2.75) is 24.9 Å². The van der Waals surface area contributed by atoms with Gasteiger partial charge in [0.15, 0.2) is 0 Å². The van der Waals surface area contributed by atoms with E-state index in [1.807, 2.05) is 0 Å². The Morgan fingerprint density at radius 3 is 2.47 bits per heavy atom. The lowest BCUT2D eigenvalue weighted by molar-refractivity contribution is -0.165. The first-order chi connectivity index (χ1) is 8.88. The van der Waals surface area contributed by atoms with E-state index in [0.29, 0.717) is 17.7 Å². The minimum absolute atomic E-state index is 0.275. The molecule has 9 nitrogen and oxygen atoms in total. The molecule has 2 unspecified atom stereocenters. The molecule has 0 aromatic heterocycles. The van der Waals surface area contributed by atoms with E-state index < -0.39 is 43.0 Å². The number of hydrogen-bond donors (Lipinski definition) is 4. The number of carboxylic acid groups (broad SMARTS) is 1. The number of aliphatic hydroxyl groups is 1. The van der Waals surface area contributed by atoms with Crippen molar-refractivity contribution in [2.24, 2.45) is 5.73 Å². The van der Waals surface area contributed by atoms with E-state index in [-0.39, 0.29) is 6.54 Å². The summed E-state index contributed by atoms with van der Waals surface area (Å²) in [7, 11) is 0. The summed E-state index contributed by atoms with van der Waals surface area (Å²) in [5.41, 5.74) is 5.30. The zero-order valence-electron chi connectivity index (χ0n) is 10.2. The van der Waals surface area contributed by atoms with Crippen molar-refractivity contribution in [3.8, 4) is 0 Å². The fourth-order valence-corrected chi connectivity index (χ4v) is 1.86. The number of amides is 2. The van der Waals surface area contributed by atoms with Crippen molar-refractivity contribution < 1.29 is 29.8 Å². The third-order valence-electron chi connectivity index (χ3n) is 2.85. The van der Waals surface area contributed by atoms with Crippen molar-refractivity contribution in [1.82, 2.24) is 9.96 Å². The maximum Gasteiger partial charge on any atom is 0.323 e. The van der Waals surface area contributed by atoms with Gasteiger partial charge in [0.1, 0.15) is 18.6 Å². The second kappa shape index (κ2) is 6.57. The molecule has 1 saturated heterocycles. The van der Waals surface area contributed by atoms with E-state index in [1.165, 1.54) is 0 Å². The van der Waals surface area contributed by atoms with Crippen LogP contribution in [0.1, 0.15) is 12.8 Å². The molecule has 2 atom stereocenters.